The van der Waals surface area contributed by atoms with Crippen molar-refractivity contribution >= 4 is 5.91 Å². The van der Waals surface area contributed by atoms with Crippen LogP contribution in [0.5, 0.6) is 0 Å². The fraction of sp³-hybridized carbons (Fsp3) is 0.429. The van der Waals surface area contributed by atoms with Gasteiger partial charge in [-0.3, -0.25) is 9.48 Å². The molecule has 2 aromatic heterocycles. The number of rotatable bonds is 6. The topological polar surface area (TPSA) is 68.8 Å². The van der Waals surface area contributed by atoms with Crippen LogP contribution in [0, 0.1) is 20.8 Å². The second-order valence-corrected chi connectivity index (χ2v) is 7.67. The second-order valence-electron chi connectivity index (χ2n) is 7.67. The molecule has 0 bridgehead atoms. The van der Waals surface area contributed by atoms with E-state index in [0.29, 0.717) is 18.8 Å². The molecule has 0 spiro atoms. The van der Waals surface area contributed by atoms with Crippen LogP contribution in [0.15, 0.2) is 30.5 Å². The minimum atomic E-state index is -0.0545. The Morgan fingerprint density at radius 2 is 1.96 bits per heavy atom. The van der Waals surface area contributed by atoms with Gasteiger partial charge < -0.3 is 4.90 Å². The van der Waals surface area contributed by atoms with E-state index >= 15 is 0 Å². The molecule has 1 saturated carbocycles. The maximum absolute atomic E-state index is 13.2. The predicted molar refractivity (Wildman–Crippen MR) is 106 cm³/mol. The Bertz CT molecular complexity index is 1010. The number of hydrogen-bond acceptors (Lipinski definition) is 4. The molecule has 1 aromatic carbocycles. The molecule has 1 fully saturated rings. The first-order valence-corrected chi connectivity index (χ1v) is 9.68. The maximum atomic E-state index is 13.2. The molecule has 7 heteroatoms. The lowest BCUT2D eigenvalue weighted by Crippen LogP contribution is -2.33. The van der Waals surface area contributed by atoms with Crippen LogP contribution in [-0.2, 0) is 20.1 Å². The number of carbonyl (C=O) groups is 1. The van der Waals surface area contributed by atoms with Gasteiger partial charge in [-0.15, -0.1) is 5.10 Å². The molecule has 0 radical (unpaired) electrons. The van der Waals surface area contributed by atoms with Gasteiger partial charge >= 0.3 is 0 Å². The van der Waals surface area contributed by atoms with Crippen LogP contribution in [0.3, 0.4) is 0 Å². The summed E-state index contributed by atoms with van der Waals surface area (Å²) in [4.78, 5) is 15.1. The van der Waals surface area contributed by atoms with Crippen molar-refractivity contribution in [3.63, 3.8) is 0 Å². The fourth-order valence-electron chi connectivity index (χ4n) is 3.55. The first-order valence-electron chi connectivity index (χ1n) is 9.68. The third-order valence-corrected chi connectivity index (χ3v) is 5.59. The summed E-state index contributed by atoms with van der Waals surface area (Å²) in [7, 11) is 1.94. The highest BCUT2D eigenvalue weighted by atomic mass is 16.2. The first kappa shape index (κ1) is 18.4. The lowest BCUT2D eigenvalue weighted by atomic mass is 10.1. The quantitative estimate of drug-likeness (QED) is 0.661. The number of benzene rings is 1. The summed E-state index contributed by atoms with van der Waals surface area (Å²) in [5, 5.41) is 12.8. The number of amides is 1. The van der Waals surface area contributed by atoms with Crippen molar-refractivity contribution in [2.75, 3.05) is 0 Å². The van der Waals surface area contributed by atoms with Crippen LogP contribution in [0.1, 0.15) is 51.4 Å². The van der Waals surface area contributed by atoms with Crippen molar-refractivity contribution in [2.24, 2.45) is 7.05 Å². The Hall–Kier alpha value is -2.96. The molecule has 0 unspecified atom stereocenters. The second kappa shape index (κ2) is 7.22. The van der Waals surface area contributed by atoms with E-state index in [4.69, 9.17) is 0 Å². The SMILES string of the molecule is Cc1ccccc1Cn1cc(C(=O)N(Cc2c(C)nn(C)c2C)C2CC2)nn1. The van der Waals surface area contributed by atoms with Crippen molar-refractivity contribution in [3.05, 3.63) is 64.2 Å². The number of nitrogens with zero attached hydrogens (tertiary/aromatic N) is 6. The van der Waals surface area contributed by atoms with E-state index in [0.717, 1.165) is 29.8 Å². The van der Waals surface area contributed by atoms with Crippen LogP contribution in [-0.4, -0.2) is 41.6 Å². The Labute approximate surface area is 165 Å². The van der Waals surface area contributed by atoms with Crippen molar-refractivity contribution in [2.45, 2.75) is 52.7 Å². The molecule has 1 aliphatic rings. The van der Waals surface area contributed by atoms with Crippen molar-refractivity contribution < 1.29 is 4.79 Å². The summed E-state index contributed by atoms with van der Waals surface area (Å²) in [6, 6.07) is 8.46. The summed E-state index contributed by atoms with van der Waals surface area (Å²) in [5.41, 5.74) is 5.97. The minimum absolute atomic E-state index is 0.0545. The van der Waals surface area contributed by atoms with E-state index < -0.39 is 0 Å². The Morgan fingerprint density at radius 1 is 1.21 bits per heavy atom. The molecule has 0 saturated heterocycles. The molecule has 0 N–H and O–H groups in total. The Morgan fingerprint density at radius 3 is 2.61 bits per heavy atom. The Kier molecular flexibility index (Phi) is 4.75. The zero-order valence-electron chi connectivity index (χ0n) is 16.9. The maximum Gasteiger partial charge on any atom is 0.276 e. The van der Waals surface area contributed by atoms with Gasteiger partial charge in [0, 0.05) is 30.9 Å². The third kappa shape index (κ3) is 3.56. The van der Waals surface area contributed by atoms with E-state index in [1.165, 1.54) is 11.1 Å². The molecule has 1 amide bonds. The normalized spacial score (nSPS) is 13.7. The van der Waals surface area contributed by atoms with Gasteiger partial charge in [0.15, 0.2) is 5.69 Å². The van der Waals surface area contributed by atoms with Gasteiger partial charge in [-0.2, -0.15) is 5.10 Å². The monoisotopic (exact) mass is 378 g/mol. The lowest BCUT2D eigenvalue weighted by molar-refractivity contribution is 0.0723. The Balaban J connectivity index is 1.54. The van der Waals surface area contributed by atoms with Gasteiger partial charge in [0.25, 0.3) is 5.91 Å². The summed E-state index contributed by atoms with van der Waals surface area (Å²) < 4.78 is 3.61. The van der Waals surface area contributed by atoms with Gasteiger partial charge in [-0.05, 0) is 44.7 Å². The first-order chi connectivity index (χ1) is 13.4. The number of aromatic nitrogens is 5. The van der Waals surface area contributed by atoms with Crippen LogP contribution in [0.25, 0.3) is 0 Å². The fourth-order valence-corrected chi connectivity index (χ4v) is 3.55. The number of carbonyl (C=O) groups excluding carboxylic acids is 1. The average Bonchev–Trinajstić information content (AvgIpc) is 3.35. The summed E-state index contributed by atoms with van der Waals surface area (Å²) >= 11 is 0. The van der Waals surface area contributed by atoms with Gasteiger partial charge in [-0.1, -0.05) is 29.5 Å². The van der Waals surface area contributed by atoms with E-state index in [9.17, 15) is 4.79 Å². The van der Waals surface area contributed by atoms with E-state index in [2.05, 4.69) is 34.5 Å². The standard InChI is InChI=1S/C21H26N6O/c1-14-7-5-6-8-17(14)11-26-13-20(22-24-26)21(28)27(18-9-10-18)12-19-15(2)23-25(4)16(19)3/h5-8,13,18H,9-12H2,1-4H3. The molecule has 28 heavy (non-hydrogen) atoms. The highest BCUT2D eigenvalue weighted by Crippen LogP contribution is 2.30. The molecule has 1 aliphatic carbocycles. The summed E-state index contributed by atoms with van der Waals surface area (Å²) in [6.07, 6.45) is 3.84. The molecule has 3 aromatic rings. The molecule has 4 rings (SSSR count). The van der Waals surface area contributed by atoms with Crippen molar-refractivity contribution in [1.29, 1.82) is 0 Å². The lowest BCUT2D eigenvalue weighted by Gasteiger charge is -2.21. The van der Waals surface area contributed by atoms with Crippen molar-refractivity contribution in [1.82, 2.24) is 29.7 Å². The highest BCUT2D eigenvalue weighted by Gasteiger charge is 2.35. The molecule has 146 valence electrons. The molecule has 0 aliphatic heterocycles. The van der Waals surface area contributed by atoms with E-state index in [-0.39, 0.29) is 11.9 Å². The molecule has 2 heterocycles. The van der Waals surface area contributed by atoms with E-state index in [1.807, 2.05) is 42.6 Å². The van der Waals surface area contributed by atoms with Crippen molar-refractivity contribution in [3.8, 4) is 0 Å². The number of hydrogen-bond donors (Lipinski definition) is 0. The molecule has 0 atom stereocenters. The van der Waals surface area contributed by atoms with Crippen LogP contribution in [0.4, 0.5) is 0 Å². The van der Waals surface area contributed by atoms with Gasteiger partial charge in [0.05, 0.1) is 18.4 Å². The minimum Gasteiger partial charge on any atom is -0.330 e. The van der Waals surface area contributed by atoms with Crippen LogP contribution < -0.4 is 0 Å². The smallest absolute Gasteiger partial charge is 0.276 e. The average molecular weight is 378 g/mol. The van der Waals surface area contributed by atoms with Crippen LogP contribution in [0.2, 0.25) is 0 Å². The van der Waals surface area contributed by atoms with E-state index in [1.54, 1.807) is 10.9 Å². The van der Waals surface area contributed by atoms with Gasteiger partial charge in [0.1, 0.15) is 0 Å². The largest absolute Gasteiger partial charge is 0.330 e. The summed E-state index contributed by atoms with van der Waals surface area (Å²) in [5.74, 6) is -0.0545. The molecule has 7 nitrogen and oxygen atoms in total. The third-order valence-electron chi connectivity index (χ3n) is 5.59. The van der Waals surface area contributed by atoms with Gasteiger partial charge in [0.2, 0.25) is 0 Å². The number of aryl methyl sites for hydroxylation is 3. The molecular weight excluding hydrogens is 352 g/mol. The summed E-state index contributed by atoms with van der Waals surface area (Å²) in [6.45, 7) is 7.29. The van der Waals surface area contributed by atoms with Gasteiger partial charge in [-0.25, -0.2) is 4.68 Å². The zero-order chi connectivity index (χ0) is 19.8. The zero-order valence-corrected chi connectivity index (χ0v) is 16.9. The predicted octanol–water partition coefficient (Wildman–Crippen LogP) is 2.79. The van der Waals surface area contributed by atoms with Crippen LogP contribution >= 0.6 is 0 Å². The molecular formula is C21H26N6O. The highest BCUT2D eigenvalue weighted by molar-refractivity contribution is 5.92.